The lowest BCUT2D eigenvalue weighted by molar-refractivity contribution is 0.844. The number of hydrogen-bond acceptors (Lipinski definition) is 0. The molecule has 1 unspecified atom stereocenters. The summed E-state index contributed by atoms with van der Waals surface area (Å²) in [7, 11) is 0. The summed E-state index contributed by atoms with van der Waals surface area (Å²) in [5.74, 6) is 0.525. The van der Waals surface area contributed by atoms with Crippen LogP contribution in [0, 0.1) is 5.92 Å². The van der Waals surface area contributed by atoms with Gasteiger partial charge in [-0.2, -0.15) is 0 Å². The summed E-state index contributed by atoms with van der Waals surface area (Å²) in [6, 6.07) is 0. The van der Waals surface area contributed by atoms with Crippen molar-refractivity contribution in [3.63, 3.8) is 0 Å². The maximum Gasteiger partial charge on any atom is 0.00199 e. The Kier molecular flexibility index (Phi) is 7.61. The molecular weight excluding hydrogens is 204 g/mol. The van der Waals surface area contributed by atoms with Gasteiger partial charge < -0.3 is 0 Å². The van der Waals surface area contributed by atoms with Crippen LogP contribution in [-0.2, 0) is 0 Å². The molecule has 0 aromatic carbocycles. The first-order valence-electron chi connectivity index (χ1n) is 6.80. The zero-order valence-electron chi connectivity index (χ0n) is 12.3. The van der Waals surface area contributed by atoms with E-state index in [4.69, 9.17) is 0 Å². The van der Waals surface area contributed by atoms with Crippen LogP contribution >= 0.6 is 0 Å². The maximum absolute atomic E-state index is 4.12. The van der Waals surface area contributed by atoms with Crippen LogP contribution in [0.25, 0.3) is 0 Å². The molecule has 0 fully saturated rings. The molecule has 1 rings (SSSR count). The van der Waals surface area contributed by atoms with E-state index in [1.807, 2.05) is 19.9 Å². The second kappa shape index (κ2) is 8.11. The number of rotatable bonds is 4. The van der Waals surface area contributed by atoms with Crippen molar-refractivity contribution in [1.82, 2.24) is 0 Å². The van der Waals surface area contributed by atoms with Crippen molar-refractivity contribution in [3.05, 3.63) is 47.6 Å². The third-order valence-corrected chi connectivity index (χ3v) is 3.21. The zero-order chi connectivity index (χ0) is 13.4. The Bertz CT molecular complexity index is 326. The smallest absolute Gasteiger partial charge is 0.00199 e. The van der Waals surface area contributed by atoms with Gasteiger partial charge in [-0.05, 0) is 30.9 Å². The molecular formula is C17H28. The van der Waals surface area contributed by atoms with E-state index in [0.717, 1.165) is 12.8 Å². The van der Waals surface area contributed by atoms with E-state index in [1.165, 1.54) is 28.7 Å². The predicted molar refractivity (Wildman–Crippen MR) is 80.2 cm³/mol. The summed E-state index contributed by atoms with van der Waals surface area (Å²) in [6.45, 7) is 18.7. The Morgan fingerprint density at radius 3 is 2.35 bits per heavy atom. The fourth-order valence-corrected chi connectivity index (χ4v) is 2.16. The van der Waals surface area contributed by atoms with Crippen molar-refractivity contribution in [3.8, 4) is 0 Å². The molecule has 0 N–H and O–H groups in total. The van der Waals surface area contributed by atoms with Crippen LogP contribution in [0.5, 0.6) is 0 Å². The summed E-state index contributed by atoms with van der Waals surface area (Å²) >= 11 is 0. The first-order chi connectivity index (χ1) is 8.10. The van der Waals surface area contributed by atoms with Crippen molar-refractivity contribution in [2.24, 2.45) is 5.92 Å². The molecule has 96 valence electrons. The van der Waals surface area contributed by atoms with Gasteiger partial charge in [-0.1, -0.05) is 70.6 Å². The maximum atomic E-state index is 4.12. The minimum Gasteiger partial charge on any atom is -0.0989 e. The van der Waals surface area contributed by atoms with Gasteiger partial charge >= 0.3 is 0 Å². The van der Waals surface area contributed by atoms with Crippen molar-refractivity contribution in [2.75, 3.05) is 0 Å². The van der Waals surface area contributed by atoms with Crippen LogP contribution < -0.4 is 0 Å². The van der Waals surface area contributed by atoms with E-state index in [2.05, 4.69) is 40.0 Å². The molecule has 0 heteroatoms. The van der Waals surface area contributed by atoms with Crippen LogP contribution in [0.4, 0.5) is 0 Å². The van der Waals surface area contributed by atoms with Crippen molar-refractivity contribution in [2.45, 2.75) is 53.9 Å². The van der Waals surface area contributed by atoms with E-state index in [9.17, 15) is 0 Å². The Labute approximate surface area is 108 Å². The first-order valence-corrected chi connectivity index (χ1v) is 6.80. The molecule has 0 saturated heterocycles. The third kappa shape index (κ3) is 4.38. The highest BCUT2D eigenvalue weighted by Crippen LogP contribution is 2.36. The van der Waals surface area contributed by atoms with Gasteiger partial charge in [0.15, 0.2) is 0 Å². The van der Waals surface area contributed by atoms with E-state index < -0.39 is 0 Å². The van der Waals surface area contributed by atoms with E-state index in [0.29, 0.717) is 5.92 Å². The van der Waals surface area contributed by atoms with Gasteiger partial charge in [-0.3, -0.25) is 0 Å². The molecule has 0 aromatic heterocycles. The molecule has 0 bridgehead atoms. The van der Waals surface area contributed by atoms with E-state index >= 15 is 0 Å². The number of hydrogen-bond donors (Lipinski definition) is 0. The molecule has 0 radical (unpaired) electrons. The highest BCUT2D eigenvalue weighted by molar-refractivity contribution is 5.43. The fourth-order valence-electron chi connectivity index (χ4n) is 2.16. The molecule has 0 saturated carbocycles. The lowest BCUT2D eigenvalue weighted by Crippen LogP contribution is -1.94. The summed E-state index contributed by atoms with van der Waals surface area (Å²) in [5.41, 5.74) is 5.64. The van der Waals surface area contributed by atoms with Gasteiger partial charge in [0.2, 0.25) is 0 Å². The Morgan fingerprint density at radius 2 is 2.00 bits per heavy atom. The molecule has 0 spiro atoms. The average Bonchev–Trinajstić information content (AvgIpc) is 2.57. The minimum absolute atomic E-state index is 0.525. The first kappa shape index (κ1) is 16.0. The third-order valence-electron chi connectivity index (χ3n) is 3.21. The molecule has 0 aromatic rings. The molecule has 0 heterocycles. The lowest BCUT2D eigenvalue weighted by atomic mass is 9.97. The topological polar surface area (TPSA) is 0 Å². The Hall–Kier alpha value is -1.04. The normalized spacial score (nSPS) is 20.2. The summed E-state index contributed by atoms with van der Waals surface area (Å²) in [4.78, 5) is 0. The van der Waals surface area contributed by atoms with Gasteiger partial charge in [0.1, 0.15) is 0 Å². The molecule has 0 amide bonds. The Balaban J connectivity index is 0.00000121. The summed E-state index contributed by atoms with van der Waals surface area (Å²) in [5, 5.41) is 0. The summed E-state index contributed by atoms with van der Waals surface area (Å²) < 4.78 is 0. The van der Waals surface area contributed by atoms with Crippen LogP contribution in [0.1, 0.15) is 53.9 Å². The van der Waals surface area contributed by atoms with Crippen LogP contribution in [-0.4, -0.2) is 0 Å². The van der Waals surface area contributed by atoms with Crippen LogP contribution in [0.15, 0.2) is 47.6 Å². The monoisotopic (exact) mass is 232 g/mol. The second-order valence-electron chi connectivity index (χ2n) is 4.47. The van der Waals surface area contributed by atoms with Gasteiger partial charge in [-0.25, -0.2) is 0 Å². The standard InChI is InChI=1S/C15H22.C2H6/c1-6-8-14(7-2)10-15-12(4)9-11(3)13(15)5;1-2/h7,10,13H,2-3,6,8-9H2,1,4-5H3;1-2H3/b14-10+;. The second-order valence-corrected chi connectivity index (χ2v) is 4.47. The quantitative estimate of drug-likeness (QED) is 0.422. The largest absolute Gasteiger partial charge is 0.0989 e. The highest BCUT2D eigenvalue weighted by atomic mass is 14.3. The molecule has 1 atom stereocenters. The average molecular weight is 232 g/mol. The summed E-state index contributed by atoms with van der Waals surface area (Å²) in [6.07, 6.45) is 7.68. The minimum atomic E-state index is 0.525. The van der Waals surface area contributed by atoms with Gasteiger partial charge in [-0.15, -0.1) is 0 Å². The molecule has 1 aliphatic rings. The van der Waals surface area contributed by atoms with Gasteiger partial charge in [0.25, 0.3) is 0 Å². The van der Waals surface area contributed by atoms with Crippen LogP contribution in [0.2, 0.25) is 0 Å². The molecule has 17 heavy (non-hydrogen) atoms. The predicted octanol–water partition coefficient (Wildman–Crippen LogP) is 5.84. The SMILES string of the molecule is C=C/C(=C\C1=C(C)CC(=C)C1C)CCC.CC. The van der Waals surface area contributed by atoms with Gasteiger partial charge in [0.05, 0.1) is 0 Å². The lowest BCUT2D eigenvalue weighted by Gasteiger charge is -2.08. The van der Waals surface area contributed by atoms with E-state index in [1.54, 1.807) is 0 Å². The highest BCUT2D eigenvalue weighted by Gasteiger charge is 2.20. The van der Waals surface area contributed by atoms with Crippen molar-refractivity contribution < 1.29 is 0 Å². The van der Waals surface area contributed by atoms with Gasteiger partial charge in [0, 0.05) is 5.92 Å². The molecule has 0 aliphatic heterocycles. The Morgan fingerprint density at radius 1 is 1.41 bits per heavy atom. The zero-order valence-corrected chi connectivity index (χ0v) is 12.3. The number of allylic oxidation sites excluding steroid dienone is 6. The molecule has 1 aliphatic carbocycles. The van der Waals surface area contributed by atoms with Crippen molar-refractivity contribution >= 4 is 0 Å². The van der Waals surface area contributed by atoms with Crippen molar-refractivity contribution in [1.29, 1.82) is 0 Å². The molecule has 0 nitrogen and oxygen atoms in total. The van der Waals surface area contributed by atoms with E-state index in [-0.39, 0.29) is 0 Å². The fraction of sp³-hybridized carbons (Fsp3) is 0.529. The van der Waals surface area contributed by atoms with Crippen LogP contribution in [0.3, 0.4) is 0 Å².